The molecule has 1 atom stereocenters. The largest absolute Gasteiger partial charge is 0.380 e. The van der Waals surface area contributed by atoms with E-state index in [9.17, 15) is 5.11 Å². The molecule has 0 saturated heterocycles. The molecule has 1 aromatic heterocycles. The third-order valence-corrected chi connectivity index (χ3v) is 4.31. The lowest BCUT2D eigenvalue weighted by molar-refractivity contribution is 0.207. The minimum atomic E-state index is -0.755. The van der Waals surface area contributed by atoms with Crippen LogP contribution in [0.15, 0.2) is 85.2 Å². The number of rotatable bonds is 4. The predicted octanol–water partition coefficient (Wildman–Crippen LogP) is 4.17. The van der Waals surface area contributed by atoms with Crippen molar-refractivity contribution < 1.29 is 5.11 Å². The zero-order chi connectivity index (χ0) is 16.4. The summed E-state index contributed by atoms with van der Waals surface area (Å²) in [6, 6.07) is 24.3. The Morgan fingerprint density at radius 2 is 1.62 bits per heavy atom. The van der Waals surface area contributed by atoms with Gasteiger partial charge in [0.1, 0.15) is 11.9 Å². The summed E-state index contributed by atoms with van der Waals surface area (Å²) in [7, 11) is 0. The fourth-order valence-electron chi connectivity index (χ4n) is 3.11. The smallest absolute Gasteiger partial charge is 0.142 e. The monoisotopic (exact) mass is 314 g/mol. The van der Waals surface area contributed by atoms with Gasteiger partial charge in [0.2, 0.25) is 0 Å². The third kappa shape index (κ3) is 2.70. The summed E-state index contributed by atoms with van der Waals surface area (Å²) >= 11 is 0. The van der Waals surface area contributed by atoms with Gasteiger partial charge < -0.3 is 9.67 Å². The average Bonchev–Trinajstić information content (AvgIpc) is 3.09. The molecule has 0 amide bonds. The van der Waals surface area contributed by atoms with Crippen molar-refractivity contribution in [1.29, 1.82) is 0 Å². The molecule has 24 heavy (non-hydrogen) atoms. The first-order chi connectivity index (χ1) is 11.8. The number of hydrogen-bond acceptors (Lipinski definition) is 2. The van der Waals surface area contributed by atoms with Crippen molar-refractivity contribution in [2.75, 3.05) is 0 Å². The van der Waals surface area contributed by atoms with Gasteiger partial charge in [0, 0.05) is 18.9 Å². The summed E-state index contributed by atoms with van der Waals surface area (Å²) in [6.07, 6.45) is 2.90. The second kappa shape index (κ2) is 6.30. The maximum Gasteiger partial charge on any atom is 0.142 e. The summed E-state index contributed by atoms with van der Waals surface area (Å²) in [5, 5.41) is 13.1. The van der Waals surface area contributed by atoms with Crippen molar-refractivity contribution in [3.05, 3.63) is 102 Å². The summed E-state index contributed by atoms with van der Waals surface area (Å²) in [5.41, 5.74) is 2.07. The Balaban J connectivity index is 1.73. The van der Waals surface area contributed by atoms with Crippen LogP contribution >= 0.6 is 0 Å². The van der Waals surface area contributed by atoms with Crippen molar-refractivity contribution in [3.63, 3.8) is 0 Å². The quantitative estimate of drug-likeness (QED) is 0.614. The zero-order valence-electron chi connectivity index (χ0n) is 13.2. The lowest BCUT2D eigenvalue weighted by Crippen LogP contribution is -2.11. The van der Waals surface area contributed by atoms with E-state index in [1.807, 2.05) is 59.3 Å². The van der Waals surface area contributed by atoms with Gasteiger partial charge >= 0.3 is 0 Å². The van der Waals surface area contributed by atoms with Crippen LogP contribution in [0, 0.1) is 0 Å². The average molecular weight is 314 g/mol. The van der Waals surface area contributed by atoms with Gasteiger partial charge in [-0.3, -0.25) is 0 Å². The molecule has 0 aliphatic rings. The van der Waals surface area contributed by atoms with E-state index in [2.05, 4.69) is 29.2 Å². The Kier molecular flexibility index (Phi) is 3.85. The molecule has 0 fully saturated rings. The standard InChI is InChI=1S/C21H18N2O/c24-20(19-12-6-10-17-9-4-5-11-18(17)19)21-22-13-14-23(21)15-16-7-2-1-3-8-16/h1-14,20,24H,15H2. The molecule has 3 nitrogen and oxygen atoms in total. The molecule has 0 aliphatic carbocycles. The molecule has 3 aromatic carbocycles. The van der Waals surface area contributed by atoms with Crippen LogP contribution < -0.4 is 0 Å². The Labute approximate surface area is 140 Å². The minimum Gasteiger partial charge on any atom is -0.380 e. The molecule has 0 spiro atoms. The van der Waals surface area contributed by atoms with Crippen molar-refractivity contribution in [2.45, 2.75) is 12.6 Å². The highest BCUT2D eigenvalue weighted by atomic mass is 16.3. The number of benzene rings is 3. The summed E-state index contributed by atoms with van der Waals surface area (Å²) in [4.78, 5) is 4.41. The Bertz CT molecular complexity index is 954. The molecule has 1 unspecified atom stereocenters. The molecule has 3 heteroatoms. The first-order valence-corrected chi connectivity index (χ1v) is 8.03. The van der Waals surface area contributed by atoms with Crippen molar-refractivity contribution in [2.24, 2.45) is 0 Å². The van der Waals surface area contributed by atoms with E-state index in [1.165, 1.54) is 5.56 Å². The van der Waals surface area contributed by atoms with Gasteiger partial charge in [0.25, 0.3) is 0 Å². The first-order valence-electron chi connectivity index (χ1n) is 8.03. The molecule has 118 valence electrons. The predicted molar refractivity (Wildman–Crippen MR) is 95.8 cm³/mol. The lowest BCUT2D eigenvalue weighted by Gasteiger charge is -2.16. The maximum atomic E-state index is 11.0. The molecule has 0 bridgehead atoms. The molecular formula is C21H18N2O. The number of aliphatic hydroxyl groups excluding tert-OH is 1. The van der Waals surface area contributed by atoms with Crippen LogP contribution in [0.5, 0.6) is 0 Å². The lowest BCUT2D eigenvalue weighted by atomic mass is 10.00. The number of nitrogens with zero attached hydrogens (tertiary/aromatic N) is 2. The van der Waals surface area contributed by atoms with Gasteiger partial charge in [-0.15, -0.1) is 0 Å². The Hall–Kier alpha value is -2.91. The summed E-state index contributed by atoms with van der Waals surface area (Å²) < 4.78 is 2.00. The molecule has 4 aromatic rings. The van der Waals surface area contributed by atoms with Gasteiger partial charge in [-0.1, -0.05) is 72.8 Å². The van der Waals surface area contributed by atoms with Crippen LogP contribution in [0.25, 0.3) is 10.8 Å². The van der Waals surface area contributed by atoms with Crippen LogP contribution in [0.4, 0.5) is 0 Å². The normalized spacial score (nSPS) is 12.4. The van der Waals surface area contributed by atoms with E-state index < -0.39 is 6.10 Å². The fraction of sp³-hybridized carbons (Fsp3) is 0.0952. The van der Waals surface area contributed by atoms with Crippen molar-refractivity contribution in [3.8, 4) is 0 Å². The molecule has 0 radical (unpaired) electrons. The van der Waals surface area contributed by atoms with Crippen LogP contribution in [-0.4, -0.2) is 14.7 Å². The van der Waals surface area contributed by atoms with Gasteiger partial charge in [0.15, 0.2) is 0 Å². The molecule has 0 saturated carbocycles. The molecule has 4 rings (SSSR count). The van der Waals surface area contributed by atoms with Crippen LogP contribution in [0.2, 0.25) is 0 Å². The topological polar surface area (TPSA) is 38.1 Å². The van der Waals surface area contributed by atoms with E-state index >= 15 is 0 Å². The van der Waals surface area contributed by atoms with E-state index in [-0.39, 0.29) is 0 Å². The molecular weight excluding hydrogens is 296 g/mol. The maximum absolute atomic E-state index is 11.0. The van der Waals surface area contributed by atoms with Crippen molar-refractivity contribution >= 4 is 10.8 Å². The number of imidazole rings is 1. The van der Waals surface area contributed by atoms with Crippen LogP contribution in [0.3, 0.4) is 0 Å². The number of fused-ring (bicyclic) bond motifs is 1. The highest BCUT2D eigenvalue weighted by molar-refractivity contribution is 5.86. The Morgan fingerprint density at radius 1 is 0.875 bits per heavy atom. The summed E-state index contributed by atoms with van der Waals surface area (Å²) in [5.74, 6) is 0.662. The van der Waals surface area contributed by atoms with Gasteiger partial charge in [-0.25, -0.2) is 4.98 Å². The SMILES string of the molecule is OC(c1cccc2ccccc12)c1nccn1Cc1ccccc1. The van der Waals surface area contributed by atoms with E-state index in [0.717, 1.165) is 16.3 Å². The van der Waals surface area contributed by atoms with Gasteiger partial charge in [0.05, 0.1) is 0 Å². The van der Waals surface area contributed by atoms with Gasteiger partial charge in [-0.2, -0.15) is 0 Å². The summed E-state index contributed by atoms with van der Waals surface area (Å²) in [6.45, 7) is 0.692. The van der Waals surface area contributed by atoms with E-state index in [0.29, 0.717) is 12.4 Å². The molecule has 0 aliphatic heterocycles. The highest BCUT2D eigenvalue weighted by Crippen LogP contribution is 2.28. The number of hydrogen-bond donors (Lipinski definition) is 1. The van der Waals surface area contributed by atoms with Crippen LogP contribution in [-0.2, 0) is 6.54 Å². The van der Waals surface area contributed by atoms with E-state index in [4.69, 9.17) is 0 Å². The number of aliphatic hydroxyl groups is 1. The zero-order valence-corrected chi connectivity index (χ0v) is 13.2. The first kappa shape index (κ1) is 14.7. The number of aromatic nitrogens is 2. The van der Waals surface area contributed by atoms with Crippen molar-refractivity contribution in [1.82, 2.24) is 9.55 Å². The second-order valence-electron chi connectivity index (χ2n) is 5.87. The Morgan fingerprint density at radius 3 is 2.50 bits per heavy atom. The molecule has 1 N–H and O–H groups in total. The highest BCUT2D eigenvalue weighted by Gasteiger charge is 2.18. The van der Waals surface area contributed by atoms with Crippen LogP contribution in [0.1, 0.15) is 23.1 Å². The second-order valence-corrected chi connectivity index (χ2v) is 5.87. The minimum absolute atomic E-state index is 0.662. The van der Waals surface area contributed by atoms with E-state index in [1.54, 1.807) is 6.20 Å². The fourth-order valence-corrected chi connectivity index (χ4v) is 3.11. The molecule has 1 heterocycles. The third-order valence-electron chi connectivity index (χ3n) is 4.31. The van der Waals surface area contributed by atoms with Gasteiger partial charge in [-0.05, 0) is 21.9 Å².